The van der Waals surface area contributed by atoms with Crippen molar-refractivity contribution >= 4 is 19.8 Å². The number of unbranched alkanes of at least 4 members (excludes halogenated alkanes) is 18. The van der Waals surface area contributed by atoms with E-state index in [0.29, 0.717) is 17.4 Å². The molecule has 0 saturated carbocycles. The maximum absolute atomic E-state index is 12.8. The van der Waals surface area contributed by atoms with Crippen molar-refractivity contribution in [2.24, 2.45) is 0 Å². The Morgan fingerprint density at radius 3 is 1.53 bits per heavy atom. The lowest BCUT2D eigenvalue weighted by Crippen LogP contribution is -2.37. The first-order valence-corrected chi connectivity index (χ1v) is 26.1. The van der Waals surface area contributed by atoms with Gasteiger partial charge in [-0.3, -0.25) is 18.6 Å². The number of furan rings is 2. The number of hydrogen-bond acceptors (Lipinski definition) is 9. The Kier molecular flexibility index (Phi) is 29.7. The number of nitrogens with zero attached hydrogens (tertiary/aromatic N) is 1. The second kappa shape index (κ2) is 33.1. The lowest BCUT2D eigenvalue weighted by Gasteiger charge is -2.24. The molecule has 0 amide bonds. The van der Waals surface area contributed by atoms with Crippen LogP contribution in [0.3, 0.4) is 0 Å². The summed E-state index contributed by atoms with van der Waals surface area (Å²) < 4.78 is 46.6. The minimum Gasteiger partial charge on any atom is -0.466 e. The summed E-state index contributed by atoms with van der Waals surface area (Å²) in [5, 5.41) is 0. The molecule has 2 heterocycles. The zero-order valence-corrected chi connectivity index (χ0v) is 41.3. The molecule has 358 valence electrons. The minimum absolute atomic E-state index is 0.0222. The quantitative estimate of drug-likeness (QED) is 0.0298. The van der Waals surface area contributed by atoms with Crippen LogP contribution in [0.2, 0.25) is 0 Å². The van der Waals surface area contributed by atoms with E-state index in [9.17, 15) is 19.0 Å². The van der Waals surface area contributed by atoms with Crippen molar-refractivity contribution in [1.29, 1.82) is 0 Å². The summed E-state index contributed by atoms with van der Waals surface area (Å²) in [7, 11) is 1.45. The van der Waals surface area contributed by atoms with E-state index in [1.54, 1.807) is 0 Å². The molecule has 0 saturated heterocycles. The molecule has 2 aromatic heterocycles. The van der Waals surface area contributed by atoms with Crippen LogP contribution in [0.5, 0.6) is 0 Å². The number of rotatable bonds is 40. The normalized spacial score (nSPS) is 13.4. The smallest absolute Gasteiger partial charge is 0.466 e. The molecule has 0 aliphatic rings. The zero-order valence-electron chi connectivity index (χ0n) is 40.4. The molecular formula is C50H89NO10P+. The van der Waals surface area contributed by atoms with E-state index in [4.69, 9.17) is 27.4 Å². The average Bonchev–Trinajstić information content (AvgIpc) is 3.75. The minimum atomic E-state index is -4.40. The van der Waals surface area contributed by atoms with Gasteiger partial charge >= 0.3 is 19.8 Å². The van der Waals surface area contributed by atoms with Gasteiger partial charge in [0.05, 0.1) is 27.7 Å². The fourth-order valence-electron chi connectivity index (χ4n) is 7.57. The Morgan fingerprint density at radius 2 is 1.05 bits per heavy atom. The van der Waals surface area contributed by atoms with Gasteiger partial charge in [0.1, 0.15) is 42.8 Å². The molecule has 0 radical (unpaired) electrons. The molecule has 62 heavy (non-hydrogen) atoms. The maximum atomic E-state index is 12.8. The van der Waals surface area contributed by atoms with E-state index in [1.807, 2.05) is 21.1 Å². The molecule has 12 heteroatoms. The van der Waals surface area contributed by atoms with Crippen LogP contribution in [-0.4, -0.2) is 74.9 Å². The number of carbonyl (C=O) groups excluding carboxylic acids is 2. The molecule has 2 unspecified atom stereocenters. The number of esters is 2. The molecule has 0 fully saturated rings. The second-order valence-electron chi connectivity index (χ2n) is 18.6. The Balaban J connectivity index is 1.59. The summed E-state index contributed by atoms with van der Waals surface area (Å²) >= 11 is 0. The van der Waals surface area contributed by atoms with Gasteiger partial charge in [-0.2, -0.15) is 0 Å². The third-order valence-electron chi connectivity index (χ3n) is 11.4. The van der Waals surface area contributed by atoms with Crippen molar-refractivity contribution in [1.82, 2.24) is 0 Å². The van der Waals surface area contributed by atoms with E-state index in [-0.39, 0.29) is 32.0 Å². The van der Waals surface area contributed by atoms with Crippen LogP contribution in [0.15, 0.2) is 21.0 Å². The van der Waals surface area contributed by atoms with Crippen LogP contribution >= 0.6 is 7.82 Å². The first-order valence-electron chi connectivity index (χ1n) is 24.6. The molecule has 0 aromatic carbocycles. The fraction of sp³-hybridized carbons (Fsp3) is 0.800. The molecule has 0 spiro atoms. The number of quaternary nitrogens is 1. The van der Waals surface area contributed by atoms with Gasteiger partial charge in [0.15, 0.2) is 6.10 Å². The summed E-state index contributed by atoms with van der Waals surface area (Å²) in [5.74, 6) is 3.72. The highest BCUT2D eigenvalue weighted by Gasteiger charge is 2.27. The predicted octanol–water partition coefficient (Wildman–Crippen LogP) is 13.1. The van der Waals surface area contributed by atoms with Crippen LogP contribution in [0.25, 0.3) is 0 Å². The van der Waals surface area contributed by atoms with Gasteiger partial charge in [-0.1, -0.05) is 117 Å². The molecule has 0 aliphatic heterocycles. The molecule has 1 N–H and O–H groups in total. The Labute approximate surface area is 376 Å². The van der Waals surface area contributed by atoms with Crippen LogP contribution in [0, 0.1) is 13.8 Å². The third-order valence-corrected chi connectivity index (χ3v) is 12.4. The van der Waals surface area contributed by atoms with E-state index in [1.165, 1.54) is 93.9 Å². The fourth-order valence-corrected chi connectivity index (χ4v) is 8.31. The van der Waals surface area contributed by atoms with Crippen molar-refractivity contribution in [3.05, 3.63) is 46.3 Å². The number of phosphoric ester groups is 1. The van der Waals surface area contributed by atoms with Gasteiger partial charge in [0.25, 0.3) is 0 Å². The highest BCUT2D eigenvalue weighted by molar-refractivity contribution is 7.47. The zero-order chi connectivity index (χ0) is 45.5. The van der Waals surface area contributed by atoms with E-state index < -0.39 is 26.5 Å². The van der Waals surface area contributed by atoms with Crippen molar-refractivity contribution in [3.8, 4) is 0 Å². The van der Waals surface area contributed by atoms with Crippen molar-refractivity contribution in [3.63, 3.8) is 0 Å². The average molecular weight is 895 g/mol. The summed E-state index contributed by atoms with van der Waals surface area (Å²) in [6.07, 6.45) is 28.0. The largest absolute Gasteiger partial charge is 0.472 e. The monoisotopic (exact) mass is 895 g/mol. The van der Waals surface area contributed by atoms with Gasteiger partial charge in [0, 0.05) is 38.5 Å². The van der Waals surface area contributed by atoms with Gasteiger partial charge in [-0.05, 0) is 75.6 Å². The molecule has 0 bridgehead atoms. The topological polar surface area (TPSA) is 135 Å². The molecule has 2 aromatic rings. The van der Waals surface area contributed by atoms with Gasteiger partial charge in [0.2, 0.25) is 0 Å². The van der Waals surface area contributed by atoms with Gasteiger partial charge < -0.3 is 27.7 Å². The standard InChI is InChI=1S/C50H88NO10P/c1-8-10-25-31-45-39-43(4)48(60-45)33-27-21-17-13-11-12-14-20-24-29-35-50(53)61-46(41-58-62(54,55)57-37-36-51(5,6)7)40-56-49(52)34-28-23-19-16-15-18-22-26-32-47-42(3)38-44(59-47)30-9-2/h38-39,46H,8-37,40-41H2,1-7H3/p+1. The highest BCUT2D eigenvalue weighted by atomic mass is 31.2. The van der Waals surface area contributed by atoms with Crippen LogP contribution in [-0.2, 0) is 58.4 Å². The number of aryl methyl sites for hydroxylation is 6. The van der Waals surface area contributed by atoms with Crippen LogP contribution in [0.4, 0.5) is 0 Å². The highest BCUT2D eigenvalue weighted by Crippen LogP contribution is 2.43. The SMILES string of the molecule is CCCCCc1cc(C)c(CCCCCCCCCCCCC(=O)OC(COC(=O)CCCCCCCCCCc2oc(CCC)cc2C)COP(=O)(O)OCC[N+](C)(C)C)o1. The lowest BCUT2D eigenvalue weighted by atomic mass is 10.0. The van der Waals surface area contributed by atoms with Crippen molar-refractivity contribution < 1.29 is 50.9 Å². The molecular weight excluding hydrogens is 806 g/mol. The first-order chi connectivity index (χ1) is 29.7. The van der Waals surface area contributed by atoms with Crippen LogP contribution < -0.4 is 0 Å². The summed E-state index contributed by atoms with van der Waals surface area (Å²) in [6.45, 7) is 8.57. The number of carbonyl (C=O) groups is 2. The Hall–Kier alpha value is -2.43. The van der Waals surface area contributed by atoms with Crippen LogP contribution in [0.1, 0.15) is 202 Å². The van der Waals surface area contributed by atoms with E-state index in [0.717, 1.165) is 101 Å². The Bertz CT molecular complexity index is 1510. The lowest BCUT2D eigenvalue weighted by molar-refractivity contribution is -0.870. The number of ether oxygens (including phenoxy) is 2. The molecule has 11 nitrogen and oxygen atoms in total. The Morgan fingerprint density at radius 1 is 0.597 bits per heavy atom. The molecule has 2 rings (SSSR count). The number of phosphoric acid groups is 1. The molecule has 0 aliphatic carbocycles. The van der Waals surface area contributed by atoms with Crippen molar-refractivity contribution in [2.75, 3.05) is 47.5 Å². The van der Waals surface area contributed by atoms with Gasteiger partial charge in [-0.15, -0.1) is 0 Å². The van der Waals surface area contributed by atoms with Gasteiger partial charge in [-0.25, -0.2) is 4.57 Å². The number of likely N-dealkylation sites (N-methyl/N-ethyl adjacent to an activating group) is 1. The predicted molar refractivity (Wildman–Crippen MR) is 249 cm³/mol. The summed E-state index contributed by atoms with van der Waals surface area (Å²) in [4.78, 5) is 35.6. The second-order valence-corrected chi connectivity index (χ2v) is 20.1. The maximum Gasteiger partial charge on any atom is 0.472 e. The third kappa shape index (κ3) is 28.4. The first kappa shape index (κ1) is 55.7. The van der Waals surface area contributed by atoms with Crippen molar-refractivity contribution in [2.45, 2.75) is 214 Å². The van der Waals surface area contributed by atoms with E-state index in [2.05, 4.69) is 39.8 Å². The summed E-state index contributed by atoms with van der Waals surface area (Å²) in [5.41, 5.74) is 2.57. The summed E-state index contributed by atoms with van der Waals surface area (Å²) in [6, 6.07) is 4.41. The molecule has 2 atom stereocenters. The number of hydrogen-bond donors (Lipinski definition) is 1. The van der Waals surface area contributed by atoms with E-state index >= 15 is 0 Å².